The molecule has 6 heteroatoms. The van der Waals surface area contributed by atoms with Gasteiger partial charge in [-0.05, 0) is 54.9 Å². The van der Waals surface area contributed by atoms with E-state index in [4.69, 9.17) is 4.74 Å². The Labute approximate surface area is 158 Å². The number of nitrogens with one attached hydrogen (secondary N) is 1. The Morgan fingerprint density at radius 2 is 2.11 bits per heavy atom. The lowest BCUT2D eigenvalue weighted by atomic mass is 10.0. The van der Waals surface area contributed by atoms with Crippen LogP contribution in [0, 0.1) is 17.7 Å². The summed E-state index contributed by atoms with van der Waals surface area (Å²) in [6.45, 7) is 3.00. The number of carbonyl (C=O) groups is 1. The first-order chi connectivity index (χ1) is 13.1. The second-order valence-corrected chi connectivity index (χ2v) is 7.00. The van der Waals surface area contributed by atoms with Crippen LogP contribution in [0.4, 0.5) is 4.39 Å². The number of hydrogen-bond acceptors (Lipinski definition) is 4. The van der Waals surface area contributed by atoms with Crippen LogP contribution in [-0.4, -0.2) is 35.8 Å². The molecule has 0 aliphatic heterocycles. The number of carbonyl (C=O) groups excluding carboxylic acids is 1. The summed E-state index contributed by atoms with van der Waals surface area (Å²) < 4.78 is 19.1. The Morgan fingerprint density at radius 3 is 2.74 bits per heavy atom. The molecule has 3 rings (SSSR count). The van der Waals surface area contributed by atoms with E-state index in [1.54, 1.807) is 18.2 Å². The third kappa shape index (κ3) is 5.26. The van der Waals surface area contributed by atoms with Crippen LogP contribution in [0.3, 0.4) is 0 Å². The fourth-order valence-electron chi connectivity index (χ4n) is 2.69. The molecule has 1 fully saturated rings. The Kier molecular flexibility index (Phi) is 6.40. The first kappa shape index (κ1) is 19.3. The van der Waals surface area contributed by atoms with Crippen molar-refractivity contribution in [2.75, 3.05) is 19.8 Å². The van der Waals surface area contributed by atoms with Crippen LogP contribution in [0.25, 0.3) is 11.1 Å². The van der Waals surface area contributed by atoms with Gasteiger partial charge in [0.25, 0.3) is 5.91 Å². The van der Waals surface area contributed by atoms with Gasteiger partial charge in [0.2, 0.25) is 5.88 Å². The monoisotopic (exact) mass is 372 g/mol. The Morgan fingerprint density at radius 1 is 1.37 bits per heavy atom. The van der Waals surface area contributed by atoms with Gasteiger partial charge in [0.1, 0.15) is 5.82 Å². The number of benzene rings is 1. The number of aliphatic hydroxyl groups excluding tert-OH is 1. The zero-order valence-electron chi connectivity index (χ0n) is 15.5. The van der Waals surface area contributed by atoms with Gasteiger partial charge in [-0.15, -0.1) is 0 Å². The van der Waals surface area contributed by atoms with Gasteiger partial charge in [0.15, 0.2) is 0 Å². The topological polar surface area (TPSA) is 71.5 Å². The van der Waals surface area contributed by atoms with Crippen LogP contribution in [0.5, 0.6) is 5.88 Å². The second-order valence-electron chi connectivity index (χ2n) is 7.00. The van der Waals surface area contributed by atoms with Crippen molar-refractivity contribution in [3.8, 4) is 17.0 Å². The second kappa shape index (κ2) is 8.95. The molecule has 1 aromatic heterocycles. The van der Waals surface area contributed by atoms with Crippen molar-refractivity contribution >= 4 is 5.91 Å². The van der Waals surface area contributed by atoms with Crippen LogP contribution in [0.1, 0.15) is 36.5 Å². The lowest BCUT2D eigenvalue weighted by Crippen LogP contribution is -2.30. The van der Waals surface area contributed by atoms with E-state index in [2.05, 4.69) is 10.3 Å². The van der Waals surface area contributed by atoms with Gasteiger partial charge in [0, 0.05) is 24.9 Å². The number of amides is 1. The summed E-state index contributed by atoms with van der Waals surface area (Å²) in [6.07, 6.45) is 4.60. The molecule has 1 heterocycles. The molecule has 1 saturated carbocycles. The van der Waals surface area contributed by atoms with Crippen molar-refractivity contribution in [3.05, 3.63) is 47.9 Å². The zero-order valence-corrected chi connectivity index (χ0v) is 15.5. The van der Waals surface area contributed by atoms with Crippen molar-refractivity contribution in [2.24, 2.45) is 11.8 Å². The van der Waals surface area contributed by atoms with E-state index < -0.39 is 0 Å². The van der Waals surface area contributed by atoms with Gasteiger partial charge in [0.05, 0.1) is 12.2 Å². The van der Waals surface area contributed by atoms with Crippen LogP contribution >= 0.6 is 0 Å². The maximum atomic E-state index is 13.3. The number of ether oxygens (including phenoxy) is 1. The predicted octanol–water partition coefficient (Wildman–Crippen LogP) is 3.42. The Balaban J connectivity index is 1.81. The Bertz CT molecular complexity index is 771. The van der Waals surface area contributed by atoms with Gasteiger partial charge < -0.3 is 15.2 Å². The number of halogens is 1. The molecular weight excluding hydrogens is 347 g/mol. The minimum absolute atomic E-state index is 0.0274. The highest BCUT2D eigenvalue weighted by molar-refractivity contribution is 5.95. The number of nitrogens with zero attached hydrogens (tertiary/aromatic N) is 1. The summed E-state index contributed by atoms with van der Waals surface area (Å²) in [4.78, 5) is 16.8. The van der Waals surface area contributed by atoms with Gasteiger partial charge >= 0.3 is 0 Å². The molecule has 0 radical (unpaired) electrons. The Hall–Kier alpha value is -2.47. The highest BCUT2D eigenvalue weighted by Crippen LogP contribution is 2.33. The van der Waals surface area contributed by atoms with E-state index in [0.717, 1.165) is 24.8 Å². The molecule has 1 amide bonds. The standard InChI is InChI=1S/C21H25FN2O3/c1-2-14(12-25)10-23-20(26)17-9-19(16-5-7-18(22)8-6-16)21(24-11-17)27-13-15-3-4-15/h5-9,11,14-15,25H,2-4,10,12-13H2,1H3,(H,23,26). The van der Waals surface area contributed by atoms with Crippen LogP contribution in [-0.2, 0) is 0 Å². The fourth-order valence-corrected chi connectivity index (χ4v) is 2.69. The third-order valence-corrected chi connectivity index (χ3v) is 4.81. The van der Waals surface area contributed by atoms with E-state index in [1.807, 2.05) is 6.92 Å². The largest absolute Gasteiger partial charge is 0.477 e. The van der Waals surface area contributed by atoms with Gasteiger partial charge in [-0.2, -0.15) is 0 Å². The van der Waals surface area contributed by atoms with Crippen LogP contribution in [0.15, 0.2) is 36.5 Å². The van der Waals surface area contributed by atoms with Crippen molar-refractivity contribution in [3.63, 3.8) is 0 Å². The predicted molar refractivity (Wildman–Crippen MR) is 101 cm³/mol. The molecule has 1 aliphatic carbocycles. The maximum absolute atomic E-state index is 13.3. The summed E-state index contributed by atoms with van der Waals surface area (Å²) in [7, 11) is 0. The van der Waals surface area contributed by atoms with Crippen molar-refractivity contribution < 1.29 is 19.0 Å². The first-order valence-electron chi connectivity index (χ1n) is 9.38. The molecule has 27 heavy (non-hydrogen) atoms. The molecular formula is C21H25FN2O3. The van der Waals surface area contributed by atoms with E-state index in [0.29, 0.717) is 36.1 Å². The quantitative estimate of drug-likeness (QED) is 0.707. The minimum Gasteiger partial charge on any atom is -0.477 e. The summed E-state index contributed by atoms with van der Waals surface area (Å²) in [5, 5.41) is 12.1. The van der Waals surface area contributed by atoms with Crippen molar-refractivity contribution in [2.45, 2.75) is 26.2 Å². The molecule has 0 bridgehead atoms. The van der Waals surface area contributed by atoms with Gasteiger partial charge in [-0.1, -0.05) is 19.1 Å². The lowest BCUT2D eigenvalue weighted by molar-refractivity contribution is 0.0939. The minimum atomic E-state index is -0.323. The average Bonchev–Trinajstić information content (AvgIpc) is 3.52. The first-order valence-corrected chi connectivity index (χ1v) is 9.38. The average molecular weight is 372 g/mol. The smallest absolute Gasteiger partial charge is 0.252 e. The van der Waals surface area contributed by atoms with E-state index in [-0.39, 0.29) is 24.2 Å². The number of aromatic nitrogens is 1. The number of hydrogen-bond donors (Lipinski definition) is 2. The summed E-state index contributed by atoms with van der Waals surface area (Å²) >= 11 is 0. The third-order valence-electron chi connectivity index (χ3n) is 4.81. The molecule has 5 nitrogen and oxygen atoms in total. The van der Waals surface area contributed by atoms with Crippen molar-refractivity contribution in [1.82, 2.24) is 10.3 Å². The molecule has 2 N–H and O–H groups in total. The van der Waals surface area contributed by atoms with E-state index in [9.17, 15) is 14.3 Å². The van der Waals surface area contributed by atoms with Gasteiger partial charge in [-0.3, -0.25) is 4.79 Å². The highest BCUT2D eigenvalue weighted by Gasteiger charge is 2.23. The molecule has 1 aromatic carbocycles. The molecule has 1 unspecified atom stereocenters. The molecule has 1 atom stereocenters. The number of aliphatic hydroxyl groups is 1. The summed E-state index contributed by atoms with van der Waals surface area (Å²) in [6, 6.07) is 7.77. The molecule has 0 spiro atoms. The molecule has 144 valence electrons. The van der Waals surface area contributed by atoms with Crippen LogP contribution < -0.4 is 10.1 Å². The van der Waals surface area contributed by atoms with Gasteiger partial charge in [-0.25, -0.2) is 9.37 Å². The summed E-state index contributed by atoms with van der Waals surface area (Å²) in [5.74, 6) is 0.467. The van der Waals surface area contributed by atoms with Crippen molar-refractivity contribution in [1.29, 1.82) is 0 Å². The SMILES string of the molecule is CCC(CO)CNC(=O)c1cnc(OCC2CC2)c(-c2ccc(F)cc2)c1. The molecule has 0 saturated heterocycles. The normalized spacial score (nSPS) is 14.6. The maximum Gasteiger partial charge on any atom is 0.252 e. The number of rotatable bonds is 9. The highest BCUT2D eigenvalue weighted by atomic mass is 19.1. The van der Waals surface area contributed by atoms with Crippen LogP contribution in [0.2, 0.25) is 0 Å². The number of pyridine rings is 1. The summed E-state index contributed by atoms with van der Waals surface area (Å²) in [5.41, 5.74) is 1.81. The zero-order chi connectivity index (χ0) is 19.2. The lowest BCUT2D eigenvalue weighted by Gasteiger charge is -2.14. The molecule has 2 aromatic rings. The van der Waals surface area contributed by atoms with E-state index >= 15 is 0 Å². The van der Waals surface area contributed by atoms with E-state index in [1.165, 1.54) is 18.3 Å². The molecule has 1 aliphatic rings. The fraction of sp³-hybridized carbons (Fsp3) is 0.429.